The number of carbonyl (C=O) groups excluding carboxylic acids is 1. The number of fused-ring (bicyclic) bond motifs is 1. The van der Waals surface area contributed by atoms with Gasteiger partial charge in [0.2, 0.25) is 11.1 Å². The molecule has 0 saturated carbocycles. The van der Waals surface area contributed by atoms with E-state index in [0.717, 1.165) is 16.9 Å². The van der Waals surface area contributed by atoms with Crippen LogP contribution in [0.15, 0.2) is 65.0 Å². The van der Waals surface area contributed by atoms with Crippen LogP contribution in [0.5, 0.6) is 11.5 Å². The van der Waals surface area contributed by atoms with Crippen LogP contribution in [0, 0.1) is 0 Å². The highest BCUT2D eigenvalue weighted by atomic mass is 32.2. The number of hydrogen-bond donors (Lipinski definition) is 1. The number of carbonyl (C=O) groups is 1. The molecule has 2 heterocycles. The van der Waals surface area contributed by atoms with E-state index < -0.39 is 12.0 Å². The van der Waals surface area contributed by atoms with Gasteiger partial charge in [0.25, 0.3) is 0 Å². The second-order valence-corrected chi connectivity index (χ2v) is 9.03. The summed E-state index contributed by atoms with van der Waals surface area (Å²) >= 11 is 1.54. The summed E-state index contributed by atoms with van der Waals surface area (Å²) in [5.74, 6) is 2.27. The first-order valence-electron chi connectivity index (χ1n) is 11.7. The summed E-state index contributed by atoms with van der Waals surface area (Å²) in [5, 5.41) is 8.59. The van der Waals surface area contributed by atoms with Crippen molar-refractivity contribution in [3.8, 4) is 11.5 Å². The molecule has 1 N–H and O–H groups in total. The molecule has 1 atom stereocenters. The zero-order valence-electron chi connectivity index (χ0n) is 20.4. The Morgan fingerprint density at radius 2 is 1.80 bits per heavy atom. The standard InChI is InChI=1S/C26H30N4O4S/c1-5-32-20-14-13-19(15-21(20)33-6-2)23-22(24(31)34-16-18-11-9-8-10-12-18)17(4)27-25-28-26(35-7-3)29-30(23)25/h8-15,23H,5-7,16H2,1-4H3,(H,27,28,29). The highest BCUT2D eigenvalue weighted by Gasteiger charge is 2.35. The number of thioether (sulfide) groups is 1. The van der Waals surface area contributed by atoms with Crippen LogP contribution in [0.25, 0.3) is 0 Å². The van der Waals surface area contributed by atoms with Gasteiger partial charge in [0.15, 0.2) is 11.5 Å². The van der Waals surface area contributed by atoms with Crippen molar-refractivity contribution in [3.63, 3.8) is 0 Å². The smallest absolute Gasteiger partial charge is 0.338 e. The first kappa shape index (κ1) is 24.7. The van der Waals surface area contributed by atoms with Crippen molar-refractivity contribution < 1.29 is 19.0 Å². The highest BCUT2D eigenvalue weighted by Crippen LogP contribution is 2.40. The predicted octanol–water partition coefficient (Wildman–Crippen LogP) is 5.22. The Hall–Kier alpha value is -3.46. The molecule has 8 nitrogen and oxygen atoms in total. The lowest BCUT2D eigenvalue weighted by molar-refractivity contribution is -0.140. The van der Waals surface area contributed by atoms with Crippen molar-refractivity contribution in [1.29, 1.82) is 0 Å². The summed E-state index contributed by atoms with van der Waals surface area (Å²) in [4.78, 5) is 18.1. The molecule has 184 valence electrons. The normalized spacial score (nSPS) is 14.8. The zero-order valence-corrected chi connectivity index (χ0v) is 21.2. The molecule has 0 amide bonds. The Morgan fingerprint density at radius 1 is 1.06 bits per heavy atom. The molecule has 35 heavy (non-hydrogen) atoms. The van der Waals surface area contributed by atoms with Crippen LogP contribution in [0.1, 0.15) is 44.9 Å². The van der Waals surface area contributed by atoms with Crippen LogP contribution >= 0.6 is 11.8 Å². The topological polar surface area (TPSA) is 87.5 Å². The molecular weight excluding hydrogens is 464 g/mol. The third kappa shape index (κ3) is 5.45. The largest absolute Gasteiger partial charge is 0.490 e. The van der Waals surface area contributed by atoms with Crippen molar-refractivity contribution in [2.75, 3.05) is 24.3 Å². The fraction of sp³-hybridized carbons (Fsp3) is 0.346. The monoisotopic (exact) mass is 494 g/mol. The molecule has 0 aliphatic carbocycles. The van der Waals surface area contributed by atoms with Gasteiger partial charge in [-0.2, -0.15) is 4.98 Å². The number of hydrogen-bond acceptors (Lipinski definition) is 8. The summed E-state index contributed by atoms with van der Waals surface area (Å²) in [6.45, 7) is 8.94. The van der Waals surface area contributed by atoms with Gasteiger partial charge in [-0.15, -0.1) is 5.10 Å². The number of benzene rings is 2. The van der Waals surface area contributed by atoms with Gasteiger partial charge in [0, 0.05) is 5.70 Å². The summed E-state index contributed by atoms with van der Waals surface area (Å²) in [6, 6.07) is 14.8. The number of esters is 1. The molecule has 1 unspecified atom stereocenters. The van der Waals surface area contributed by atoms with Gasteiger partial charge in [-0.1, -0.05) is 55.1 Å². The Morgan fingerprint density at radius 3 is 2.51 bits per heavy atom. The van der Waals surface area contributed by atoms with E-state index >= 15 is 0 Å². The SMILES string of the molecule is CCOc1ccc(C2C(C(=O)OCc3ccccc3)=C(C)Nc3nc(SCC)nn32)cc1OCC. The second kappa shape index (κ2) is 11.3. The minimum atomic E-state index is -0.539. The number of nitrogens with one attached hydrogen (secondary N) is 1. The molecule has 0 radical (unpaired) electrons. The second-order valence-electron chi connectivity index (χ2n) is 7.80. The van der Waals surface area contributed by atoms with Gasteiger partial charge >= 0.3 is 5.97 Å². The van der Waals surface area contributed by atoms with Crippen LogP contribution < -0.4 is 14.8 Å². The first-order valence-corrected chi connectivity index (χ1v) is 12.7. The lowest BCUT2D eigenvalue weighted by Crippen LogP contribution is -2.29. The van der Waals surface area contributed by atoms with Gasteiger partial charge in [0.1, 0.15) is 12.6 Å². The minimum absolute atomic E-state index is 0.178. The lowest BCUT2D eigenvalue weighted by atomic mass is 9.95. The molecule has 1 aliphatic heterocycles. The molecule has 0 spiro atoms. The van der Waals surface area contributed by atoms with E-state index in [4.69, 9.17) is 19.3 Å². The van der Waals surface area contributed by atoms with Crippen LogP contribution in [-0.2, 0) is 16.1 Å². The third-order valence-electron chi connectivity index (χ3n) is 5.42. The summed E-state index contributed by atoms with van der Waals surface area (Å²) in [5.41, 5.74) is 2.89. The molecule has 4 rings (SSSR count). The Bertz CT molecular complexity index is 1210. The Balaban J connectivity index is 1.75. The fourth-order valence-corrected chi connectivity index (χ4v) is 4.49. The quantitative estimate of drug-likeness (QED) is 0.303. The van der Waals surface area contributed by atoms with Gasteiger partial charge in [0.05, 0.1) is 18.8 Å². The molecule has 2 aromatic carbocycles. The molecule has 0 fully saturated rings. The van der Waals surface area contributed by atoms with Crippen molar-refractivity contribution >= 4 is 23.7 Å². The average molecular weight is 495 g/mol. The van der Waals surface area contributed by atoms with E-state index in [2.05, 4.69) is 10.3 Å². The van der Waals surface area contributed by atoms with E-state index in [1.165, 1.54) is 0 Å². The van der Waals surface area contributed by atoms with Crippen LogP contribution in [-0.4, -0.2) is 39.7 Å². The minimum Gasteiger partial charge on any atom is -0.490 e. The van der Waals surface area contributed by atoms with Crippen molar-refractivity contribution in [2.45, 2.75) is 45.5 Å². The number of rotatable bonds is 10. The van der Waals surface area contributed by atoms with Gasteiger partial charge in [-0.3, -0.25) is 0 Å². The molecule has 0 bridgehead atoms. The maximum Gasteiger partial charge on any atom is 0.338 e. The van der Waals surface area contributed by atoms with Crippen LogP contribution in [0.2, 0.25) is 0 Å². The number of aromatic nitrogens is 3. The van der Waals surface area contributed by atoms with Crippen molar-refractivity contribution in [3.05, 3.63) is 70.9 Å². The summed E-state index contributed by atoms with van der Waals surface area (Å²) in [7, 11) is 0. The van der Waals surface area contributed by atoms with E-state index in [9.17, 15) is 4.79 Å². The maximum atomic E-state index is 13.4. The molecule has 0 saturated heterocycles. The van der Waals surface area contributed by atoms with Crippen LogP contribution in [0.4, 0.5) is 5.95 Å². The van der Waals surface area contributed by atoms with E-state index in [0.29, 0.717) is 47.1 Å². The summed E-state index contributed by atoms with van der Waals surface area (Å²) in [6.07, 6.45) is 0. The average Bonchev–Trinajstić information content (AvgIpc) is 3.26. The third-order valence-corrected chi connectivity index (χ3v) is 6.14. The number of nitrogens with zero attached hydrogens (tertiary/aromatic N) is 3. The molecular formula is C26H30N4O4S. The molecule has 9 heteroatoms. The number of ether oxygens (including phenoxy) is 3. The number of allylic oxidation sites excluding steroid dienone is 1. The maximum absolute atomic E-state index is 13.4. The Kier molecular flexibility index (Phi) is 7.97. The van der Waals surface area contributed by atoms with Gasteiger partial charge in [-0.25, -0.2) is 9.48 Å². The summed E-state index contributed by atoms with van der Waals surface area (Å²) < 4.78 is 19.1. The Labute approximate surface area is 209 Å². The lowest BCUT2D eigenvalue weighted by Gasteiger charge is -2.28. The molecule has 3 aromatic rings. The van der Waals surface area contributed by atoms with E-state index in [1.807, 2.05) is 76.2 Å². The molecule has 1 aromatic heterocycles. The van der Waals surface area contributed by atoms with E-state index in [1.54, 1.807) is 16.4 Å². The van der Waals surface area contributed by atoms with E-state index in [-0.39, 0.29) is 6.61 Å². The van der Waals surface area contributed by atoms with Crippen molar-refractivity contribution in [1.82, 2.24) is 14.8 Å². The highest BCUT2D eigenvalue weighted by molar-refractivity contribution is 7.99. The first-order chi connectivity index (χ1) is 17.0. The van der Waals surface area contributed by atoms with Gasteiger partial charge in [-0.05, 0) is 49.8 Å². The van der Waals surface area contributed by atoms with Crippen molar-refractivity contribution in [2.24, 2.45) is 0 Å². The van der Waals surface area contributed by atoms with Crippen LogP contribution in [0.3, 0.4) is 0 Å². The molecule has 1 aliphatic rings. The number of anilines is 1. The fourth-order valence-electron chi connectivity index (χ4n) is 3.93. The predicted molar refractivity (Wildman–Crippen MR) is 136 cm³/mol. The zero-order chi connectivity index (χ0) is 24.8. The van der Waals surface area contributed by atoms with Gasteiger partial charge < -0.3 is 19.5 Å².